The van der Waals surface area contributed by atoms with Gasteiger partial charge in [-0.25, -0.2) is 0 Å². The second kappa shape index (κ2) is 6.39. The fourth-order valence-electron chi connectivity index (χ4n) is 1.56. The summed E-state index contributed by atoms with van der Waals surface area (Å²) in [5.41, 5.74) is 0.845. The summed E-state index contributed by atoms with van der Waals surface area (Å²) >= 11 is 1.73. The number of anilines is 1. The molecule has 0 unspecified atom stereocenters. The Kier molecular flexibility index (Phi) is 5.15. The third kappa shape index (κ3) is 3.46. The van der Waals surface area contributed by atoms with Gasteiger partial charge < -0.3 is 4.90 Å². The maximum atomic E-state index is 11.4. The van der Waals surface area contributed by atoms with E-state index in [0.717, 1.165) is 18.0 Å². The van der Waals surface area contributed by atoms with Crippen LogP contribution < -0.4 is 4.90 Å². The van der Waals surface area contributed by atoms with Crippen molar-refractivity contribution in [2.45, 2.75) is 6.92 Å². The number of nitro benzene ring substituents is 1. The molecule has 0 radical (unpaired) electrons. The lowest BCUT2D eigenvalue weighted by Gasteiger charge is -2.19. The van der Waals surface area contributed by atoms with Crippen molar-refractivity contribution in [2.75, 3.05) is 30.5 Å². The summed E-state index contributed by atoms with van der Waals surface area (Å²) in [5, 5.41) is 10.8. The van der Waals surface area contributed by atoms with Gasteiger partial charge in [0.2, 0.25) is 0 Å². The topological polar surface area (TPSA) is 63.4 Å². The lowest BCUT2D eigenvalue weighted by molar-refractivity contribution is -0.385. The average Bonchev–Trinajstić information content (AvgIpc) is 2.34. The van der Waals surface area contributed by atoms with E-state index < -0.39 is 4.92 Å². The van der Waals surface area contributed by atoms with E-state index in [1.54, 1.807) is 23.9 Å². The number of rotatable bonds is 6. The normalized spacial score (nSPS) is 10.2. The Labute approximate surface area is 110 Å². The number of carbonyl (C=O) groups excluding carboxylic acids is 1. The Balaban J connectivity index is 3.07. The number of nitrogens with zero attached hydrogens (tertiary/aromatic N) is 2. The van der Waals surface area contributed by atoms with Crippen LogP contribution >= 0.6 is 11.8 Å². The number of nitro groups is 1. The SMILES string of the molecule is CSCCN(C)c1ccc([N+](=O)[O-])c(C(C)=O)c1. The zero-order valence-electron chi connectivity index (χ0n) is 10.7. The Morgan fingerprint density at radius 3 is 2.67 bits per heavy atom. The first kappa shape index (κ1) is 14.5. The van der Waals surface area contributed by atoms with Gasteiger partial charge in [0, 0.05) is 31.1 Å². The van der Waals surface area contributed by atoms with Crippen LogP contribution in [0.1, 0.15) is 17.3 Å². The highest BCUT2D eigenvalue weighted by Crippen LogP contribution is 2.25. The van der Waals surface area contributed by atoms with E-state index >= 15 is 0 Å². The molecule has 0 fully saturated rings. The predicted molar refractivity (Wildman–Crippen MR) is 74.8 cm³/mol. The second-order valence-corrected chi connectivity index (χ2v) is 4.91. The van der Waals surface area contributed by atoms with Gasteiger partial charge >= 0.3 is 0 Å². The van der Waals surface area contributed by atoms with Crippen molar-refractivity contribution in [2.24, 2.45) is 0 Å². The number of Topliss-reactive ketones (excluding diaryl/α,β-unsaturated/α-hetero) is 1. The van der Waals surface area contributed by atoms with Gasteiger partial charge in [0.1, 0.15) is 0 Å². The molecule has 18 heavy (non-hydrogen) atoms. The monoisotopic (exact) mass is 268 g/mol. The van der Waals surface area contributed by atoms with E-state index in [0.29, 0.717) is 0 Å². The lowest BCUT2D eigenvalue weighted by Crippen LogP contribution is -2.20. The summed E-state index contributed by atoms with van der Waals surface area (Å²) < 4.78 is 0. The van der Waals surface area contributed by atoms with Crippen molar-refractivity contribution in [3.63, 3.8) is 0 Å². The minimum atomic E-state index is -0.525. The number of hydrogen-bond acceptors (Lipinski definition) is 5. The molecule has 1 aromatic rings. The number of benzene rings is 1. The Hall–Kier alpha value is -1.56. The summed E-state index contributed by atoms with van der Waals surface area (Å²) in [6.45, 7) is 2.17. The van der Waals surface area contributed by atoms with Gasteiger partial charge in [0.15, 0.2) is 5.78 Å². The van der Waals surface area contributed by atoms with Crippen LogP contribution in [0.2, 0.25) is 0 Å². The molecule has 1 rings (SSSR count). The molecule has 98 valence electrons. The van der Waals surface area contributed by atoms with Crippen molar-refractivity contribution in [1.29, 1.82) is 0 Å². The molecule has 0 aliphatic heterocycles. The highest BCUT2D eigenvalue weighted by Gasteiger charge is 2.18. The minimum Gasteiger partial charge on any atom is -0.374 e. The highest BCUT2D eigenvalue weighted by molar-refractivity contribution is 7.98. The predicted octanol–water partition coefficient (Wildman–Crippen LogP) is 2.60. The summed E-state index contributed by atoms with van der Waals surface area (Å²) in [7, 11) is 1.90. The highest BCUT2D eigenvalue weighted by atomic mass is 32.2. The van der Waals surface area contributed by atoms with Crippen LogP contribution in [-0.4, -0.2) is 36.3 Å². The number of ketones is 1. The van der Waals surface area contributed by atoms with E-state index in [-0.39, 0.29) is 17.0 Å². The fraction of sp³-hybridized carbons (Fsp3) is 0.417. The van der Waals surface area contributed by atoms with E-state index in [1.807, 2.05) is 18.2 Å². The van der Waals surface area contributed by atoms with Crippen molar-refractivity contribution in [3.8, 4) is 0 Å². The van der Waals surface area contributed by atoms with Crippen molar-refractivity contribution < 1.29 is 9.72 Å². The lowest BCUT2D eigenvalue weighted by atomic mass is 10.1. The molecule has 0 aliphatic rings. The zero-order chi connectivity index (χ0) is 13.7. The molecule has 0 saturated carbocycles. The van der Waals surface area contributed by atoms with Crippen LogP contribution in [-0.2, 0) is 0 Å². The van der Waals surface area contributed by atoms with Crippen LogP contribution in [0.5, 0.6) is 0 Å². The van der Waals surface area contributed by atoms with Gasteiger partial charge in [0.25, 0.3) is 5.69 Å². The molecule has 0 heterocycles. The molecule has 5 nitrogen and oxygen atoms in total. The Morgan fingerprint density at radius 2 is 2.17 bits per heavy atom. The van der Waals surface area contributed by atoms with Gasteiger partial charge in [-0.15, -0.1) is 0 Å². The molecule has 0 bridgehead atoms. The molecular formula is C12H16N2O3S. The van der Waals surface area contributed by atoms with Crippen LogP contribution in [0.25, 0.3) is 0 Å². The molecule has 0 aromatic heterocycles. The first-order valence-corrected chi connectivity index (χ1v) is 6.86. The van der Waals surface area contributed by atoms with Crippen molar-refractivity contribution in [3.05, 3.63) is 33.9 Å². The van der Waals surface area contributed by atoms with Gasteiger partial charge in [-0.3, -0.25) is 14.9 Å². The standard InChI is InChI=1S/C12H16N2O3S/c1-9(15)11-8-10(13(2)6-7-18-3)4-5-12(11)14(16)17/h4-5,8H,6-7H2,1-3H3. The Bertz CT molecular complexity index is 463. The van der Waals surface area contributed by atoms with Crippen LogP contribution in [0.3, 0.4) is 0 Å². The van der Waals surface area contributed by atoms with Gasteiger partial charge in [-0.05, 0) is 25.3 Å². The summed E-state index contributed by atoms with van der Waals surface area (Å²) in [5.74, 6) is 0.671. The molecular weight excluding hydrogens is 252 g/mol. The molecule has 0 N–H and O–H groups in total. The number of hydrogen-bond donors (Lipinski definition) is 0. The second-order valence-electron chi connectivity index (χ2n) is 3.93. The van der Waals surface area contributed by atoms with Crippen LogP contribution in [0.15, 0.2) is 18.2 Å². The largest absolute Gasteiger partial charge is 0.374 e. The first-order valence-electron chi connectivity index (χ1n) is 5.46. The molecule has 0 spiro atoms. The quantitative estimate of drug-likeness (QED) is 0.451. The number of thioether (sulfide) groups is 1. The van der Waals surface area contributed by atoms with Crippen molar-refractivity contribution >= 4 is 28.9 Å². The summed E-state index contributed by atoms with van der Waals surface area (Å²) in [6.07, 6.45) is 2.02. The summed E-state index contributed by atoms with van der Waals surface area (Å²) in [6, 6.07) is 4.65. The van der Waals surface area contributed by atoms with Gasteiger partial charge in [-0.1, -0.05) is 0 Å². The van der Waals surface area contributed by atoms with Crippen LogP contribution in [0, 0.1) is 10.1 Å². The number of carbonyl (C=O) groups is 1. The molecule has 0 amide bonds. The minimum absolute atomic E-state index is 0.135. The third-order valence-corrected chi connectivity index (χ3v) is 3.22. The Morgan fingerprint density at radius 1 is 1.50 bits per heavy atom. The molecule has 0 atom stereocenters. The third-order valence-electron chi connectivity index (χ3n) is 2.63. The molecule has 6 heteroatoms. The van der Waals surface area contributed by atoms with E-state index in [9.17, 15) is 14.9 Å². The van der Waals surface area contributed by atoms with E-state index in [4.69, 9.17) is 0 Å². The van der Waals surface area contributed by atoms with E-state index in [2.05, 4.69) is 0 Å². The molecule has 0 saturated heterocycles. The smallest absolute Gasteiger partial charge is 0.280 e. The average molecular weight is 268 g/mol. The molecule has 1 aromatic carbocycles. The van der Waals surface area contributed by atoms with Crippen molar-refractivity contribution in [1.82, 2.24) is 0 Å². The van der Waals surface area contributed by atoms with Gasteiger partial charge in [0.05, 0.1) is 10.5 Å². The fourth-order valence-corrected chi connectivity index (χ4v) is 2.02. The maximum absolute atomic E-state index is 11.4. The van der Waals surface area contributed by atoms with Crippen LogP contribution in [0.4, 0.5) is 11.4 Å². The zero-order valence-corrected chi connectivity index (χ0v) is 11.5. The maximum Gasteiger partial charge on any atom is 0.280 e. The van der Waals surface area contributed by atoms with Gasteiger partial charge in [-0.2, -0.15) is 11.8 Å². The first-order chi connectivity index (χ1) is 8.47. The molecule has 0 aliphatic carbocycles. The van der Waals surface area contributed by atoms with E-state index in [1.165, 1.54) is 13.0 Å². The summed E-state index contributed by atoms with van der Waals surface area (Å²) in [4.78, 5) is 23.7.